The number of anilines is 5. The summed E-state index contributed by atoms with van der Waals surface area (Å²) in [6, 6.07) is 20.1. The van der Waals surface area contributed by atoms with Crippen LogP contribution in [-0.2, 0) is 0 Å². The van der Waals surface area contributed by atoms with Crippen LogP contribution in [0.3, 0.4) is 0 Å². The number of hydrogen-bond donors (Lipinski definition) is 3. The van der Waals surface area contributed by atoms with Crippen LogP contribution in [0.15, 0.2) is 67.0 Å². The zero-order valence-electron chi connectivity index (χ0n) is 16.9. The molecule has 8 heteroatoms. The van der Waals surface area contributed by atoms with E-state index in [1.165, 1.54) is 0 Å². The summed E-state index contributed by atoms with van der Waals surface area (Å²) in [7, 11) is 0. The van der Waals surface area contributed by atoms with Crippen molar-refractivity contribution in [2.75, 3.05) is 60.4 Å². The molecular formula is C22H27N7O. The van der Waals surface area contributed by atoms with Crippen molar-refractivity contribution < 1.29 is 5.11 Å². The molecule has 0 radical (unpaired) electrons. The van der Waals surface area contributed by atoms with E-state index in [0.717, 1.165) is 43.4 Å². The molecule has 0 saturated carbocycles. The molecule has 1 aliphatic rings. The highest BCUT2D eigenvalue weighted by atomic mass is 16.3. The third-order valence-electron chi connectivity index (χ3n) is 5.20. The van der Waals surface area contributed by atoms with E-state index in [1.807, 2.05) is 65.7 Å². The molecule has 1 aromatic heterocycles. The van der Waals surface area contributed by atoms with Gasteiger partial charge >= 0.3 is 0 Å². The predicted octanol–water partition coefficient (Wildman–Crippen LogP) is 2.34. The number of rotatable bonds is 7. The molecule has 0 spiro atoms. The van der Waals surface area contributed by atoms with E-state index >= 15 is 0 Å². The van der Waals surface area contributed by atoms with E-state index in [2.05, 4.69) is 25.2 Å². The summed E-state index contributed by atoms with van der Waals surface area (Å²) in [5.41, 5.74) is 12.3. The number of hydrazine groups is 1. The van der Waals surface area contributed by atoms with Gasteiger partial charge in [-0.25, -0.2) is 9.97 Å². The van der Waals surface area contributed by atoms with E-state index in [4.69, 9.17) is 10.8 Å². The molecule has 156 valence electrons. The molecule has 1 saturated heterocycles. The predicted molar refractivity (Wildman–Crippen MR) is 121 cm³/mol. The third-order valence-corrected chi connectivity index (χ3v) is 5.20. The number of nitrogens with zero attached hydrogens (tertiary/aromatic N) is 5. The molecule has 30 heavy (non-hydrogen) atoms. The van der Waals surface area contributed by atoms with Gasteiger partial charge in [0.05, 0.1) is 18.0 Å². The standard InChI is InChI=1S/C22H27N7O/c23-20-21(24-17-25-22(20)28-13-11-27(12-14-28)15-16-30)26-29(18-7-3-1-4-8-18)19-9-5-2-6-10-19/h1-10,17,30H,11-16,23H2,(H,24,25,26). The highest BCUT2D eigenvalue weighted by Crippen LogP contribution is 2.31. The van der Waals surface area contributed by atoms with Crippen molar-refractivity contribution in [3.05, 3.63) is 67.0 Å². The minimum atomic E-state index is 0.179. The van der Waals surface area contributed by atoms with Gasteiger partial charge in [0.2, 0.25) is 0 Å². The van der Waals surface area contributed by atoms with Crippen molar-refractivity contribution in [3.8, 4) is 0 Å². The Morgan fingerprint density at radius 2 is 1.50 bits per heavy atom. The van der Waals surface area contributed by atoms with Gasteiger partial charge in [0, 0.05) is 32.7 Å². The fourth-order valence-electron chi connectivity index (χ4n) is 3.59. The van der Waals surface area contributed by atoms with Crippen molar-refractivity contribution in [2.45, 2.75) is 0 Å². The van der Waals surface area contributed by atoms with Gasteiger partial charge in [-0.2, -0.15) is 0 Å². The number of β-amino-alcohol motifs (C(OH)–C–C–N with tert-alkyl or cyclic N) is 1. The van der Waals surface area contributed by atoms with Crippen LogP contribution >= 0.6 is 0 Å². The summed E-state index contributed by atoms with van der Waals surface area (Å²) in [6.45, 7) is 4.23. The molecular weight excluding hydrogens is 378 g/mol. The minimum Gasteiger partial charge on any atom is -0.395 e. The maximum absolute atomic E-state index is 9.14. The molecule has 3 aromatic rings. The molecule has 2 heterocycles. The number of hydrogen-bond acceptors (Lipinski definition) is 8. The van der Waals surface area contributed by atoms with Crippen molar-refractivity contribution in [1.82, 2.24) is 14.9 Å². The maximum Gasteiger partial charge on any atom is 0.173 e. The summed E-state index contributed by atoms with van der Waals surface area (Å²) < 4.78 is 0. The van der Waals surface area contributed by atoms with Crippen LogP contribution < -0.4 is 21.1 Å². The number of nitrogens with two attached hydrogens (primary N) is 1. The lowest BCUT2D eigenvalue weighted by Gasteiger charge is -2.35. The number of nitrogen functional groups attached to an aromatic ring is 1. The van der Waals surface area contributed by atoms with Crippen LogP contribution in [0.5, 0.6) is 0 Å². The molecule has 8 nitrogen and oxygen atoms in total. The van der Waals surface area contributed by atoms with E-state index in [-0.39, 0.29) is 6.61 Å². The highest BCUT2D eigenvalue weighted by molar-refractivity contribution is 5.78. The first-order valence-corrected chi connectivity index (χ1v) is 10.1. The fourth-order valence-corrected chi connectivity index (χ4v) is 3.59. The Labute approximate surface area is 176 Å². The van der Waals surface area contributed by atoms with E-state index in [0.29, 0.717) is 18.1 Å². The van der Waals surface area contributed by atoms with Crippen LogP contribution in [0.1, 0.15) is 0 Å². The Bertz CT molecular complexity index is 891. The summed E-state index contributed by atoms with van der Waals surface area (Å²) in [6.07, 6.45) is 1.54. The van der Waals surface area contributed by atoms with Gasteiger partial charge in [0.15, 0.2) is 11.6 Å². The molecule has 4 N–H and O–H groups in total. The average molecular weight is 406 g/mol. The summed E-state index contributed by atoms with van der Waals surface area (Å²) in [5, 5.41) is 11.1. The lowest BCUT2D eigenvalue weighted by atomic mass is 10.2. The largest absolute Gasteiger partial charge is 0.395 e. The third kappa shape index (κ3) is 4.45. The van der Waals surface area contributed by atoms with Crippen molar-refractivity contribution in [2.24, 2.45) is 0 Å². The Hall–Kier alpha value is -3.36. The summed E-state index contributed by atoms with van der Waals surface area (Å²) in [4.78, 5) is 13.3. The van der Waals surface area contributed by atoms with Crippen LogP contribution in [0.2, 0.25) is 0 Å². The molecule has 1 aliphatic heterocycles. The SMILES string of the molecule is Nc1c(NN(c2ccccc2)c2ccccc2)ncnc1N1CCN(CCO)CC1. The number of aliphatic hydroxyl groups is 1. The number of benzene rings is 2. The quantitative estimate of drug-likeness (QED) is 0.516. The van der Waals surface area contributed by atoms with Crippen LogP contribution in [-0.4, -0.2) is 59.3 Å². The lowest BCUT2D eigenvalue weighted by Crippen LogP contribution is -2.47. The van der Waals surface area contributed by atoms with Crippen molar-refractivity contribution in [1.29, 1.82) is 0 Å². The van der Waals surface area contributed by atoms with Gasteiger partial charge in [-0.05, 0) is 24.3 Å². The number of aliphatic hydroxyl groups excluding tert-OH is 1. The monoisotopic (exact) mass is 405 g/mol. The van der Waals surface area contributed by atoms with Crippen molar-refractivity contribution >= 4 is 28.7 Å². The first-order valence-electron chi connectivity index (χ1n) is 10.1. The second kappa shape index (κ2) is 9.43. The van der Waals surface area contributed by atoms with E-state index in [9.17, 15) is 0 Å². The van der Waals surface area contributed by atoms with Gasteiger partial charge < -0.3 is 15.7 Å². The summed E-state index contributed by atoms with van der Waals surface area (Å²) >= 11 is 0. The minimum absolute atomic E-state index is 0.179. The van der Waals surface area contributed by atoms with Gasteiger partial charge in [0.1, 0.15) is 12.0 Å². The molecule has 2 aromatic carbocycles. The highest BCUT2D eigenvalue weighted by Gasteiger charge is 2.22. The number of piperazine rings is 1. The zero-order chi connectivity index (χ0) is 20.8. The number of nitrogens with one attached hydrogen (secondary N) is 1. The Kier molecular flexibility index (Phi) is 6.26. The smallest absolute Gasteiger partial charge is 0.173 e. The molecule has 0 atom stereocenters. The molecule has 1 fully saturated rings. The molecule has 0 aliphatic carbocycles. The van der Waals surface area contributed by atoms with Crippen molar-refractivity contribution in [3.63, 3.8) is 0 Å². The van der Waals surface area contributed by atoms with Crippen LogP contribution in [0.25, 0.3) is 0 Å². The Balaban J connectivity index is 1.58. The first-order chi connectivity index (χ1) is 14.8. The maximum atomic E-state index is 9.14. The molecule has 0 unspecified atom stereocenters. The molecule has 4 rings (SSSR count). The topological polar surface area (TPSA) is 93.8 Å². The first kappa shape index (κ1) is 19.9. The summed E-state index contributed by atoms with van der Waals surface area (Å²) in [5.74, 6) is 1.29. The number of aromatic nitrogens is 2. The van der Waals surface area contributed by atoms with Crippen LogP contribution in [0, 0.1) is 0 Å². The van der Waals surface area contributed by atoms with Crippen LogP contribution in [0.4, 0.5) is 28.7 Å². The molecule has 0 amide bonds. The van der Waals surface area contributed by atoms with Gasteiger partial charge in [-0.15, -0.1) is 0 Å². The van der Waals surface area contributed by atoms with E-state index < -0.39 is 0 Å². The second-order valence-electron chi connectivity index (χ2n) is 7.13. The normalized spacial score (nSPS) is 14.5. The lowest BCUT2D eigenvalue weighted by molar-refractivity contribution is 0.188. The van der Waals surface area contributed by atoms with Gasteiger partial charge in [-0.1, -0.05) is 36.4 Å². The van der Waals surface area contributed by atoms with Gasteiger partial charge in [-0.3, -0.25) is 15.3 Å². The van der Waals surface area contributed by atoms with E-state index in [1.54, 1.807) is 6.33 Å². The zero-order valence-corrected chi connectivity index (χ0v) is 16.9. The average Bonchev–Trinajstić information content (AvgIpc) is 2.80. The number of para-hydroxylation sites is 2. The Morgan fingerprint density at radius 3 is 2.07 bits per heavy atom. The second-order valence-corrected chi connectivity index (χ2v) is 7.13. The fraction of sp³-hybridized carbons (Fsp3) is 0.273. The Morgan fingerprint density at radius 1 is 0.900 bits per heavy atom. The van der Waals surface area contributed by atoms with Gasteiger partial charge in [0.25, 0.3) is 0 Å². The molecule has 0 bridgehead atoms.